The molecule has 4 aromatic rings. The third kappa shape index (κ3) is 15.7. The SMILES string of the molecule is Cc1cc(C(F)(C(F)(F)F)C(F)(F)F)ccc1NC(=O)c1cccc(I)c1C(=O)NC(C)(C)CS(C)(=O)=O.Cc1cc(C(F)(C(F)(F)F)C(F)(F)F)ccc1NC(=O)c1cccc(I)c1C(=O)NC(C)(C)CS(C)(=O)=O. The molecule has 0 spiro atoms. The van der Waals surface area contributed by atoms with Crippen molar-refractivity contribution in [3.8, 4) is 0 Å². The van der Waals surface area contributed by atoms with Gasteiger partial charge in [0.25, 0.3) is 23.6 Å². The fraction of sp³-hybridized carbons (Fsp3) is 0.391. The zero-order valence-corrected chi connectivity index (χ0v) is 46.4. The van der Waals surface area contributed by atoms with Gasteiger partial charge >= 0.3 is 36.0 Å². The highest BCUT2D eigenvalue weighted by Crippen LogP contribution is 2.55. The third-order valence-corrected chi connectivity index (χ3v) is 14.7. The largest absolute Gasteiger partial charge is 0.435 e. The number of rotatable bonds is 14. The van der Waals surface area contributed by atoms with Gasteiger partial charge in [0, 0.05) is 53.2 Å². The molecule has 12 nitrogen and oxygen atoms in total. The number of aryl methyl sites for hydroxylation is 2. The second kappa shape index (κ2) is 22.8. The van der Waals surface area contributed by atoms with E-state index in [1.165, 1.54) is 64.1 Å². The van der Waals surface area contributed by atoms with Gasteiger partial charge in [0.1, 0.15) is 19.7 Å². The standard InChI is InChI=1S/2C23H22F7IN2O4S/c2*1-12-10-13(21(24,22(25,26)27)23(28,29)30)8-9-16(12)32-18(34)14-6-5-7-15(31)17(14)19(35)33-20(2,3)11-38(4,36)37/h2*5-10H,11H2,1-4H3,(H,32,34)(H,33,35). The molecule has 4 amide bonds. The van der Waals surface area contributed by atoms with Gasteiger partial charge in [-0.1, -0.05) is 36.4 Å². The summed E-state index contributed by atoms with van der Waals surface area (Å²) in [6.45, 7) is 7.97. The summed E-state index contributed by atoms with van der Waals surface area (Å²) in [6.07, 6.45) is -23.2. The third-order valence-electron chi connectivity index (χ3n) is 10.4. The molecule has 4 rings (SSSR count). The summed E-state index contributed by atoms with van der Waals surface area (Å²) in [7, 11) is -6.98. The van der Waals surface area contributed by atoms with E-state index < -0.39 is 113 Å². The summed E-state index contributed by atoms with van der Waals surface area (Å²) in [6, 6.07) is 10.9. The maximum Gasteiger partial charge on any atom is 0.435 e. The Labute approximate surface area is 453 Å². The van der Waals surface area contributed by atoms with Crippen molar-refractivity contribution in [1.29, 1.82) is 0 Å². The van der Waals surface area contributed by atoms with Crippen molar-refractivity contribution in [2.45, 2.75) is 88.7 Å². The van der Waals surface area contributed by atoms with E-state index in [0.29, 0.717) is 31.4 Å². The predicted octanol–water partition coefficient (Wildman–Crippen LogP) is 11.4. The van der Waals surface area contributed by atoms with E-state index in [4.69, 9.17) is 0 Å². The second-order valence-electron chi connectivity index (χ2n) is 18.4. The predicted molar refractivity (Wildman–Crippen MR) is 269 cm³/mol. The molecule has 0 aromatic heterocycles. The number of nitrogens with one attached hydrogen (secondary N) is 4. The number of carbonyl (C=O) groups is 4. The van der Waals surface area contributed by atoms with Crippen LogP contribution in [0.1, 0.15) is 91.4 Å². The molecular formula is C46H44F14I2N4O8S2. The molecule has 0 aliphatic rings. The molecule has 0 unspecified atom stereocenters. The molecule has 0 saturated heterocycles. The van der Waals surface area contributed by atoms with Crippen LogP contribution in [0.5, 0.6) is 0 Å². The number of hydrogen-bond donors (Lipinski definition) is 4. The Balaban J connectivity index is 0.000000400. The van der Waals surface area contributed by atoms with Crippen LogP contribution in [0.25, 0.3) is 0 Å². The van der Waals surface area contributed by atoms with E-state index in [-0.39, 0.29) is 56.9 Å². The zero-order valence-electron chi connectivity index (χ0n) is 40.5. The molecule has 0 fully saturated rings. The molecule has 4 N–H and O–H groups in total. The van der Waals surface area contributed by atoms with Crippen LogP contribution in [0.4, 0.5) is 72.8 Å². The molecule has 420 valence electrons. The van der Waals surface area contributed by atoms with Crippen LogP contribution in [0.15, 0.2) is 72.8 Å². The van der Waals surface area contributed by atoms with E-state index in [0.717, 1.165) is 26.4 Å². The smallest absolute Gasteiger partial charge is 0.346 e. The van der Waals surface area contributed by atoms with Crippen molar-refractivity contribution in [3.05, 3.63) is 124 Å². The topological polar surface area (TPSA) is 185 Å². The molecule has 76 heavy (non-hydrogen) atoms. The highest BCUT2D eigenvalue weighted by molar-refractivity contribution is 14.1. The maximum atomic E-state index is 14.4. The number of sulfone groups is 2. The second-order valence-corrected chi connectivity index (χ2v) is 25.0. The van der Waals surface area contributed by atoms with Gasteiger partial charge in [0.15, 0.2) is 0 Å². The Morgan fingerprint density at radius 1 is 0.461 bits per heavy atom. The highest BCUT2D eigenvalue weighted by Gasteiger charge is 2.74. The van der Waals surface area contributed by atoms with Crippen molar-refractivity contribution < 1.29 is 97.5 Å². The summed E-state index contributed by atoms with van der Waals surface area (Å²) in [5, 5.41) is 9.68. The van der Waals surface area contributed by atoms with Gasteiger partial charge in [-0.3, -0.25) is 19.2 Å². The first-order chi connectivity index (χ1) is 34.0. The number of amides is 4. The van der Waals surface area contributed by atoms with Crippen LogP contribution in [0, 0.1) is 21.0 Å². The molecule has 0 aliphatic carbocycles. The van der Waals surface area contributed by atoms with Gasteiger partial charge in [-0.25, -0.2) is 25.6 Å². The minimum absolute atomic E-state index is 0.140. The van der Waals surface area contributed by atoms with Crippen molar-refractivity contribution in [2.75, 3.05) is 34.7 Å². The Hall–Kier alpha value is -4.86. The quantitative estimate of drug-likeness (QED) is 0.0710. The van der Waals surface area contributed by atoms with Crippen LogP contribution in [-0.4, -0.2) is 100 Å². The van der Waals surface area contributed by atoms with Gasteiger partial charge in [-0.2, -0.15) is 52.7 Å². The van der Waals surface area contributed by atoms with Crippen molar-refractivity contribution in [1.82, 2.24) is 10.6 Å². The maximum absolute atomic E-state index is 14.4. The summed E-state index contributed by atoms with van der Waals surface area (Å²) in [5.41, 5.74) is -18.9. The Bertz CT molecular complexity index is 2890. The monoisotopic (exact) mass is 1360 g/mol. The average molecular weight is 1360 g/mol. The molecule has 0 bridgehead atoms. The van der Waals surface area contributed by atoms with Crippen molar-refractivity contribution in [2.24, 2.45) is 0 Å². The Morgan fingerprint density at radius 2 is 0.737 bits per heavy atom. The zero-order chi connectivity index (χ0) is 59.0. The minimum Gasteiger partial charge on any atom is -0.346 e. The van der Waals surface area contributed by atoms with E-state index >= 15 is 0 Å². The van der Waals surface area contributed by atoms with E-state index in [1.807, 2.05) is 0 Å². The molecular weight excluding hydrogens is 1320 g/mol. The number of carbonyl (C=O) groups excluding carboxylic acids is 4. The Kier molecular flexibility index (Phi) is 19.7. The fourth-order valence-electron chi connectivity index (χ4n) is 7.40. The fourth-order valence-corrected chi connectivity index (χ4v) is 11.7. The van der Waals surface area contributed by atoms with Crippen LogP contribution >= 0.6 is 45.2 Å². The summed E-state index contributed by atoms with van der Waals surface area (Å²) in [5.74, 6) is -4.29. The summed E-state index contributed by atoms with van der Waals surface area (Å²) < 4.78 is 233. The number of alkyl halides is 14. The minimum atomic E-state index is -6.30. The van der Waals surface area contributed by atoms with Gasteiger partial charge in [0.2, 0.25) is 0 Å². The molecule has 0 atom stereocenters. The first kappa shape index (κ1) is 65.4. The number of hydrogen-bond acceptors (Lipinski definition) is 8. The lowest BCUT2D eigenvalue weighted by molar-refractivity contribution is -0.349. The Morgan fingerprint density at radius 3 is 0.974 bits per heavy atom. The number of anilines is 2. The normalized spacial score (nSPS) is 13.3. The molecule has 4 aromatic carbocycles. The first-order valence-electron chi connectivity index (χ1n) is 21.1. The molecule has 0 radical (unpaired) electrons. The van der Waals surface area contributed by atoms with Crippen molar-refractivity contribution >= 4 is 99.9 Å². The van der Waals surface area contributed by atoms with Crippen LogP contribution in [-0.2, 0) is 31.0 Å². The van der Waals surface area contributed by atoms with Gasteiger partial charge in [-0.05, 0) is 134 Å². The first-order valence-corrected chi connectivity index (χ1v) is 27.4. The van der Waals surface area contributed by atoms with E-state index in [2.05, 4.69) is 21.3 Å². The lowest BCUT2D eigenvalue weighted by Crippen LogP contribution is -2.50. The summed E-state index contributed by atoms with van der Waals surface area (Å²) in [4.78, 5) is 52.0. The van der Waals surface area contributed by atoms with Gasteiger partial charge < -0.3 is 21.3 Å². The molecule has 30 heteroatoms. The molecule has 0 heterocycles. The lowest BCUT2D eigenvalue weighted by Gasteiger charge is -2.30. The van der Waals surface area contributed by atoms with Crippen LogP contribution in [0.3, 0.4) is 0 Å². The number of halogens is 16. The average Bonchev–Trinajstić information content (AvgIpc) is 3.20. The molecule has 0 saturated carbocycles. The number of benzene rings is 4. The van der Waals surface area contributed by atoms with E-state index in [1.54, 1.807) is 45.2 Å². The van der Waals surface area contributed by atoms with Crippen LogP contribution in [0.2, 0.25) is 0 Å². The van der Waals surface area contributed by atoms with Gasteiger partial charge in [-0.15, -0.1) is 0 Å². The van der Waals surface area contributed by atoms with E-state index in [9.17, 15) is 97.5 Å². The summed E-state index contributed by atoms with van der Waals surface area (Å²) >= 11 is 3.53. The van der Waals surface area contributed by atoms with Gasteiger partial charge in [0.05, 0.1) is 33.8 Å². The van der Waals surface area contributed by atoms with Crippen LogP contribution < -0.4 is 21.3 Å². The molecule has 0 aliphatic heterocycles. The lowest BCUT2D eigenvalue weighted by atomic mass is 9.92. The van der Waals surface area contributed by atoms with Crippen molar-refractivity contribution in [3.63, 3.8) is 0 Å². The highest BCUT2D eigenvalue weighted by atomic mass is 127.